The van der Waals surface area contributed by atoms with E-state index in [2.05, 4.69) is 11.3 Å². The average molecular weight is 383 g/mol. The van der Waals surface area contributed by atoms with Gasteiger partial charge >= 0.3 is 0 Å². The van der Waals surface area contributed by atoms with Crippen LogP contribution >= 0.6 is 11.6 Å². The average Bonchev–Trinajstić information content (AvgIpc) is 2.95. The molecule has 1 heterocycles. The Labute approximate surface area is 161 Å². The normalized spacial score (nSPS) is 14.9. The van der Waals surface area contributed by atoms with E-state index in [1.807, 2.05) is 6.07 Å². The van der Waals surface area contributed by atoms with Gasteiger partial charge in [0.25, 0.3) is 11.8 Å². The van der Waals surface area contributed by atoms with E-state index in [1.165, 1.54) is 18.2 Å². The lowest BCUT2D eigenvalue weighted by molar-refractivity contribution is -0.117. The molecule has 0 bridgehead atoms. The van der Waals surface area contributed by atoms with Gasteiger partial charge < -0.3 is 9.47 Å². The molecule has 2 aromatic rings. The number of benzene rings is 2. The Morgan fingerprint density at radius 2 is 2.00 bits per heavy atom. The van der Waals surface area contributed by atoms with Crippen LogP contribution in [0.2, 0.25) is 5.02 Å². The molecule has 7 heteroatoms. The van der Waals surface area contributed by atoms with Crippen LogP contribution in [0.25, 0.3) is 6.08 Å². The number of anilines is 1. The minimum absolute atomic E-state index is 0.0192. The highest BCUT2D eigenvalue weighted by Crippen LogP contribution is 2.37. The number of halogens is 1. The maximum absolute atomic E-state index is 12.6. The number of terminal acetylenes is 1. The van der Waals surface area contributed by atoms with Gasteiger partial charge in [0, 0.05) is 0 Å². The van der Waals surface area contributed by atoms with Crippen LogP contribution in [-0.2, 0) is 9.59 Å². The predicted molar refractivity (Wildman–Crippen MR) is 102 cm³/mol. The highest BCUT2D eigenvalue weighted by Gasteiger charge is 2.34. The fraction of sp³-hybridized carbons (Fsp3) is 0.100. The first-order chi connectivity index (χ1) is 13.0. The Morgan fingerprint density at radius 1 is 1.26 bits per heavy atom. The molecule has 1 saturated heterocycles. The molecular weight excluding hydrogens is 368 g/mol. The number of amides is 2. The van der Waals surface area contributed by atoms with Gasteiger partial charge in [-0.3, -0.25) is 15.0 Å². The van der Waals surface area contributed by atoms with Crippen molar-refractivity contribution in [2.45, 2.75) is 0 Å². The molecule has 0 saturated carbocycles. The summed E-state index contributed by atoms with van der Waals surface area (Å²) in [6.07, 6.45) is 6.64. The number of hydrogen-bond donors (Lipinski definition) is 1. The van der Waals surface area contributed by atoms with Crippen LogP contribution in [0.5, 0.6) is 11.5 Å². The second-order valence-corrected chi connectivity index (χ2v) is 5.91. The van der Waals surface area contributed by atoms with Crippen LogP contribution in [-0.4, -0.2) is 25.5 Å². The molecule has 1 aliphatic rings. The molecule has 1 aliphatic heterocycles. The van der Waals surface area contributed by atoms with Crippen molar-refractivity contribution in [1.29, 1.82) is 0 Å². The first-order valence-electron chi connectivity index (χ1n) is 7.91. The number of rotatable bonds is 5. The van der Waals surface area contributed by atoms with Gasteiger partial charge in [-0.05, 0) is 35.9 Å². The summed E-state index contributed by atoms with van der Waals surface area (Å²) >= 11 is 6.23. The van der Waals surface area contributed by atoms with Gasteiger partial charge in [0.2, 0.25) is 0 Å². The van der Waals surface area contributed by atoms with E-state index in [0.717, 1.165) is 0 Å². The van der Waals surface area contributed by atoms with E-state index < -0.39 is 11.8 Å². The zero-order valence-corrected chi connectivity index (χ0v) is 15.1. The fourth-order valence-electron chi connectivity index (χ4n) is 2.56. The molecule has 0 unspecified atom stereocenters. The highest BCUT2D eigenvalue weighted by molar-refractivity contribution is 6.33. The van der Waals surface area contributed by atoms with Crippen LogP contribution in [0.15, 0.2) is 48.0 Å². The molecular formula is C20H15ClN2O4. The number of nitrogens with zero attached hydrogens (tertiary/aromatic N) is 1. The maximum Gasteiger partial charge on any atom is 0.282 e. The van der Waals surface area contributed by atoms with Gasteiger partial charge in [0.05, 0.1) is 17.8 Å². The summed E-state index contributed by atoms with van der Waals surface area (Å²) in [5, 5.41) is 1.44. The van der Waals surface area contributed by atoms with E-state index in [1.54, 1.807) is 36.4 Å². The van der Waals surface area contributed by atoms with Crippen molar-refractivity contribution in [3.05, 3.63) is 58.6 Å². The Balaban J connectivity index is 1.94. The molecule has 27 heavy (non-hydrogen) atoms. The Morgan fingerprint density at radius 3 is 2.67 bits per heavy atom. The largest absolute Gasteiger partial charge is 0.493 e. The quantitative estimate of drug-likeness (QED) is 0.490. The van der Waals surface area contributed by atoms with Crippen molar-refractivity contribution >= 4 is 35.2 Å². The lowest BCUT2D eigenvalue weighted by Crippen LogP contribution is -2.35. The van der Waals surface area contributed by atoms with Crippen molar-refractivity contribution < 1.29 is 19.1 Å². The smallest absolute Gasteiger partial charge is 0.282 e. The summed E-state index contributed by atoms with van der Waals surface area (Å²) in [5.74, 6) is 2.02. The van der Waals surface area contributed by atoms with Gasteiger partial charge in [-0.25, -0.2) is 5.01 Å². The number of hydrazine groups is 1. The first-order valence-corrected chi connectivity index (χ1v) is 8.29. The molecule has 1 N–H and O–H groups in total. The minimum Gasteiger partial charge on any atom is -0.493 e. The number of methoxy groups -OCH3 is 1. The van der Waals surface area contributed by atoms with Crippen molar-refractivity contribution in [3.63, 3.8) is 0 Å². The number of nitrogens with one attached hydrogen (secondary N) is 1. The molecule has 0 aliphatic carbocycles. The van der Waals surface area contributed by atoms with Crippen LogP contribution in [0.4, 0.5) is 5.69 Å². The van der Waals surface area contributed by atoms with Crippen LogP contribution in [0, 0.1) is 12.3 Å². The molecule has 2 amide bonds. The van der Waals surface area contributed by atoms with Crippen molar-refractivity contribution in [2.75, 3.05) is 18.7 Å². The molecule has 6 nitrogen and oxygen atoms in total. The number of hydrogen-bond acceptors (Lipinski definition) is 4. The summed E-state index contributed by atoms with van der Waals surface area (Å²) in [5.41, 5.74) is 3.59. The third-order valence-corrected chi connectivity index (χ3v) is 4.05. The summed E-state index contributed by atoms with van der Waals surface area (Å²) in [6.45, 7) is 0.0312. The Hall–Kier alpha value is -3.43. The number of carbonyl (C=O) groups excluding carboxylic acids is 2. The predicted octanol–water partition coefficient (Wildman–Crippen LogP) is 2.82. The molecule has 1 fully saturated rings. The van der Waals surface area contributed by atoms with Gasteiger partial charge in [0.1, 0.15) is 12.2 Å². The molecule has 0 radical (unpaired) electrons. The number of ether oxygens (including phenoxy) is 2. The van der Waals surface area contributed by atoms with Crippen LogP contribution < -0.4 is 19.9 Å². The van der Waals surface area contributed by atoms with Crippen LogP contribution in [0.3, 0.4) is 0 Å². The van der Waals surface area contributed by atoms with Gasteiger partial charge in [-0.2, -0.15) is 0 Å². The van der Waals surface area contributed by atoms with E-state index in [4.69, 9.17) is 27.5 Å². The monoisotopic (exact) mass is 382 g/mol. The van der Waals surface area contributed by atoms with Crippen molar-refractivity contribution in [2.24, 2.45) is 0 Å². The minimum atomic E-state index is -0.508. The van der Waals surface area contributed by atoms with E-state index in [0.29, 0.717) is 22.7 Å². The van der Waals surface area contributed by atoms with Gasteiger partial charge in [-0.15, -0.1) is 6.42 Å². The highest BCUT2D eigenvalue weighted by atomic mass is 35.5. The van der Waals surface area contributed by atoms with E-state index in [-0.39, 0.29) is 17.2 Å². The fourth-order valence-corrected chi connectivity index (χ4v) is 2.83. The van der Waals surface area contributed by atoms with E-state index in [9.17, 15) is 9.59 Å². The van der Waals surface area contributed by atoms with E-state index >= 15 is 0 Å². The SMILES string of the molecule is C#CCOc1c(Cl)cc(C=C2C(=O)NN(c3ccccc3)C2=O)cc1OC. The first kappa shape index (κ1) is 18.4. The Bertz CT molecular complexity index is 964. The summed E-state index contributed by atoms with van der Waals surface area (Å²) in [4.78, 5) is 24.9. The van der Waals surface area contributed by atoms with Crippen LogP contribution in [0.1, 0.15) is 5.56 Å². The lowest BCUT2D eigenvalue weighted by Gasteiger charge is -2.14. The number of carbonyl (C=O) groups is 2. The summed E-state index contributed by atoms with van der Waals surface area (Å²) < 4.78 is 10.7. The molecule has 0 atom stereocenters. The lowest BCUT2D eigenvalue weighted by atomic mass is 10.1. The standard InChI is InChI=1S/C20H15ClN2O4/c1-3-9-27-18-16(21)11-13(12-17(18)26-2)10-15-19(24)22-23(20(15)25)14-7-5-4-6-8-14/h1,4-8,10-12H,9H2,2H3,(H,22,24). The van der Waals surface area contributed by atoms with Gasteiger partial charge in [-0.1, -0.05) is 35.7 Å². The van der Waals surface area contributed by atoms with Crippen molar-refractivity contribution in [1.82, 2.24) is 5.43 Å². The second-order valence-electron chi connectivity index (χ2n) is 5.50. The summed E-state index contributed by atoms with van der Waals surface area (Å²) in [6, 6.07) is 12.0. The molecule has 0 spiro atoms. The van der Waals surface area contributed by atoms with Gasteiger partial charge in [0.15, 0.2) is 11.5 Å². The zero-order valence-electron chi connectivity index (χ0n) is 14.4. The topological polar surface area (TPSA) is 67.9 Å². The molecule has 136 valence electrons. The molecule has 2 aromatic carbocycles. The molecule has 0 aromatic heterocycles. The summed E-state index contributed by atoms with van der Waals surface area (Å²) in [7, 11) is 1.45. The maximum atomic E-state index is 12.6. The second kappa shape index (κ2) is 7.85. The third kappa shape index (κ3) is 3.73. The zero-order chi connectivity index (χ0) is 19.4. The molecule has 3 rings (SSSR count). The van der Waals surface area contributed by atoms with Crippen molar-refractivity contribution in [3.8, 4) is 23.8 Å². The Kier molecular flexibility index (Phi) is 5.34. The number of para-hydroxylation sites is 1. The third-order valence-electron chi connectivity index (χ3n) is 3.77.